The van der Waals surface area contributed by atoms with Gasteiger partial charge in [0.1, 0.15) is 11.7 Å². The molecule has 1 atom stereocenters. The van der Waals surface area contributed by atoms with Crippen LogP contribution in [0.25, 0.3) is 11.3 Å². The number of hydrogen-bond donors (Lipinski definition) is 3. The van der Waals surface area contributed by atoms with Crippen LogP contribution in [-0.4, -0.2) is 47.3 Å². The summed E-state index contributed by atoms with van der Waals surface area (Å²) in [6.07, 6.45) is 0. The summed E-state index contributed by atoms with van der Waals surface area (Å²) in [5, 5.41) is 9.36. The molecule has 2 N–H and O–H groups in total. The van der Waals surface area contributed by atoms with Gasteiger partial charge < -0.3 is 19.5 Å². The van der Waals surface area contributed by atoms with E-state index in [2.05, 4.69) is 28.1 Å². The van der Waals surface area contributed by atoms with Crippen molar-refractivity contribution in [2.45, 2.75) is 13.0 Å². The fourth-order valence-electron chi connectivity index (χ4n) is 2.30. The first kappa shape index (κ1) is 17.2. The van der Waals surface area contributed by atoms with Crippen molar-refractivity contribution in [1.29, 1.82) is 0 Å². The lowest BCUT2D eigenvalue weighted by Gasteiger charge is -2.14. The van der Waals surface area contributed by atoms with Gasteiger partial charge in [0.25, 0.3) is 5.91 Å². The number of ether oxygens (including phenoxy) is 3. The Kier molecular flexibility index (Phi) is 5.13. The summed E-state index contributed by atoms with van der Waals surface area (Å²) >= 11 is 4.07. The molecule has 2 aromatic rings. The van der Waals surface area contributed by atoms with Crippen LogP contribution in [0.5, 0.6) is 11.5 Å². The molecule has 0 aliphatic carbocycles. The number of H-pyrrole nitrogens is 1. The topological polar surface area (TPSA) is 103 Å². The van der Waals surface area contributed by atoms with Crippen LogP contribution in [0.3, 0.4) is 0 Å². The number of nitrogens with one attached hydrogen (secondary N) is 2. The average molecular weight is 363 g/mol. The molecule has 1 aliphatic rings. The molecule has 1 aromatic heterocycles. The van der Waals surface area contributed by atoms with Gasteiger partial charge in [0, 0.05) is 11.3 Å². The number of esters is 1. The Morgan fingerprint density at radius 1 is 1.36 bits per heavy atom. The van der Waals surface area contributed by atoms with Crippen LogP contribution in [0.15, 0.2) is 24.3 Å². The van der Waals surface area contributed by atoms with Gasteiger partial charge in [0.05, 0.1) is 12.3 Å². The van der Waals surface area contributed by atoms with E-state index in [0.29, 0.717) is 17.2 Å². The molecule has 0 radical (unpaired) electrons. The highest BCUT2D eigenvalue weighted by atomic mass is 32.1. The average Bonchev–Trinajstić information content (AvgIpc) is 3.27. The standard InChI is InChI=1S/C16H17N3O5S/c1-2-22-16(21)12(7-25)17-15(20)11-6-10(18-19-11)9-3-4-13-14(5-9)24-8-23-13/h3-6,12,25H,2,7-8H2,1H3,(H,17,20)(H,18,19)/t12-/m0/s1. The van der Waals surface area contributed by atoms with E-state index in [1.807, 2.05) is 6.07 Å². The van der Waals surface area contributed by atoms with E-state index < -0.39 is 17.9 Å². The summed E-state index contributed by atoms with van der Waals surface area (Å²) in [6.45, 7) is 2.12. The molecule has 0 spiro atoms. The van der Waals surface area contributed by atoms with E-state index in [1.54, 1.807) is 25.1 Å². The zero-order chi connectivity index (χ0) is 17.8. The molecular formula is C16H17N3O5S. The molecule has 3 rings (SSSR count). The first-order valence-corrected chi connectivity index (χ1v) is 8.29. The molecule has 25 heavy (non-hydrogen) atoms. The Bertz CT molecular complexity index is 792. The van der Waals surface area contributed by atoms with E-state index in [-0.39, 0.29) is 24.8 Å². The van der Waals surface area contributed by atoms with Crippen LogP contribution < -0.4 is 14.8 Å². The van der Waals surface area contributed by atoms with Crippen LogP contribution in [0.1, 0.15) is 17.4 Å². The second-order valence-corrected chi connectivity index (χ2v) is 5.56. The predicted octanol–water partition coefficient (Wildman–Crippen LogP) is 1.40. The predicted molar refractivity (Wildman–Crippen MR) is 91.9 cm³/mol. The van der Waals surface area contributed by atoms with Crippen LogP contribution in [0.4, 0.5) is 0 Å². The first-order valence-electron chi connectivity index (χ1n) is 7.66. The minimum atomic E-state index is -0.826. The minimum absolute atomic E-state index is 0.133. The number of fused-ring (bicyclic) bond motifs is 1. The van der Waals surface area contributed by atoms with Crippen molar-refractivity contribution in [2.75, 3.05) is 19.2 Å². The number of thiol groups is 1. The van der Waals surface area contributed by atoms with Crippen LogP contribution in [0, 0.1) is 0 Å². The third-order valence-electron chi connectivity index (χ3n) is 3.55. The molecule has 132 valence electrons. The lowest BCUT2D eigenvalue weighted by Crippen LogP contribution is -2.43. The molecule has 8 nitrogen and oxygen atoms in total. The molecular weight excluding hydrogens is 346 g/mol. The lowest BCUT2D eigenvalue weighted by atomic mass is 10.1. The number of amides is 1. The van der Waals surface area contributed by atoms with Crippen molar-refractivity contribution < 1.29 is 23.8 Å². The number of carbonyl (C=O) groups is 2. The van der Waals surface area contributed by atoms with Crippen molar-refractivity contribution in [3.8, 4) is 22.8 Å². The smallest absolute Gasteiger partial charge is 0.329 e. The summed E-state index contributed by atoms with van der Waals surface area (Å²) < 4.78 is 15.5. The van der Waals surface area contributed by atoms with E-state index in [1.165, 1.54) is 0 Å². The van der Waals surface area contributed by atoms with Crippen LogP contribution in [0.2, 0.25) is 0 Å². The largest absolute Gasteiger partial charge is 0.464 e. The molecule has 0 saturated heterocycles. The van der Waals surface area contributed by atoms with Crippen molar-refractivity contribution in [1.82, 2.24) is 15.5 Å². The zero-order valence-electron chi connectivity index (χ0n) is 13.4. The van der Waals surface area contributed by atoms with Crippen molar-refractivity contribution in [3.05, 3.63) is 30.0 Å². The van der Waals surface area contributed by atoms with Gasteiger partial charge in [-0.15, -0.1) is 0 Å². The van der Waals surface area contributed by atoms with Gasteiger partial charge in [-0.1, -0.05) is 0 Å². The van der Waals surface area contributed by atoms with Crippen LogP contribution >= 0.6 is 12.6 Å². The van der Waals surface area contributed by atoms with Gasteiger partial charge in [0.15, 0.2) is 11.5 Å². The van der Waals surface area contributed by atoms with E-state index in [4.69, 9.17) is 14.2 Å². The highest BCUT2D eigenvalue weighted by Crippen LogP contribution is 2.35. The van der Waals surface area contributed by atoms with E-state index in [9.17, 15) is 9.59 Å². The third-order valence-corrected chi connectivity index (χ3v) is 3.91. The summed E-state index contributed by atoms with van der Waals surface area (Å²) in [5.41, 5.74) is 1.57. The molecule has 0 unspecified atom stereocenters. The van der Waals surface area contributed by atoms with Crippen molar-refractivity contribution in [3.63, 3.8) is 0 Å². The number of benzene rings is 1. The summed E-state index contributed by atoms with van der Waals surface area (Å²) in [6, 6.07) is 6.15. The Labute approximate surface area is 149 Å². The number of hydrogen-bond acceptors (Lipinski definition) is 7. The first-order chi connectivity index (χ1) is 12.1. The number of carbonyl (C=O) groups excluding carboxylic acids is 2. The van der Waals surface area contributed by atoms with Gasteiger partial charge >= 0.3 is 5.97 Å². The Morgan fingerprint density at radius 2 is 2.16 bits per heavy atom. The molecule has 2 heterocycles. The second-order valence-electron chi connectivity index (χ2n) is 5.20. The summed E-state index contributed by atoms with van der Waals surface area (Å²) in [5.74, 6) is 0.438. The number of nitrogens with zero attached hydrogens (tertiary/aromatic N) is 1. The SMILES string of the molecule is CCOC(=O)[C@H](CS)NC(=O)c1cc(-c2ccc3c(c2)OCO3)n[nH]1. The Balaban J connectivity index is 1.72. The van der Waals surface area contributed by atoms with Gasteiger partial charge in [-0.3, -0.25) is 9.89 Å². The normalized spacial score (nSPS) is 13.4. The number of aromatic amines is 1. The third kappa shape index (κ3) is 3.71. The number of rotatable bonds is 6. The Hall–Kier alpha value is -2.68. The molecule has 0 saturated carbocycles. The minimum Gasteiger partial charge on any atom is -0.464 e. The van der Waals surface area contributed by atoms with Gasteiger partial charge in [0.2, 0.25) is 6.79 Å². The molecule has 0 fully saturated rings. The monoisotopic (exact) mass is 363 g/mol. The highest BCUT2D eigenvalue weighted by Gasteiger charge is 2.22. The van der Waals surface area contributed by atoms with Gasteiger partial charge in [-0.2, -0.15) is 17.7 Å². The second kappa shape index (κ2) is 7.47. The molecule has 1 amide bonds. The van der Waals surface area contributed by atoms with Crippen molar-refractivity contribution >= 4 is 24.5 Å². The summed E-state index contributed by atoms with van der Waals surface area (Å²) in [7, 11) is 0. The zero-order valence-corrected chi connectivity index (χ0v) is 14.3. The number of aromatic nitrogens is 2. The lowest BCUT2D eigenvalue weighted by molar-refractivity contribution is -0.144. The Morgan fingerprint density at radius 3 is 2.92 bits per heavy atom. The fourth-order valence-corrected chi connectivity index (χ4v) is 2.54. The quantitative estimate of drug-likeness (QED) is 0.530. The fraction of sp³-hybridized carbons (Fsp3) is 0.312. The van der Waals surface area contributed by atoms with E-state index in [0.717, 1.165) is 5.56 Å². The van der Waals surface area contributed by atoms with Crippen molar-refractivity contribution in [2.24, 2.45) is 0 Å². The maximum Gasteiger partial charge on any atom is 0.329 e. The maximum atomic E-state index is 12.3. The highest BCUT2D eigenvalue weighted by molar-refractivity contribution is 7.80. The molecule has 1 aromatic carbocycles. The van der Waals surface area contributed by atoms with E-state index >= 15 is 0 Å². The van der Waals surface area contributed by atoms with Crippen LogP contribution in [-0.2, 0) is 9.53 Å². The van der Waals surface area contributed by atoms with Gasteiger partial charge in [-0.25, -0.2) is 4.79 Å². The molecule has 9 heteroatoms. The van der Waals surface area contributed by atoms with Gasteiger partial charge in [-0.05, 0) is 31.2 Å². The molecule has 1 aliphatic heterocycles. The summed E-state index contributed by atoms with van der Waals surface area (Å²) in [4.78, 5) is 24.0. The maximum absolute atomic E-state index is 12.3. The molecule has 0 bridgehead atoms.